The van der Waals surface area contributed by atoms with E-state index in [4.69, 9.17) is 15.5 Å². The Kier molecular flexibility index (Phi) is 3.66. The second-order valence-electron chi connectivity index (χ2n) is 6.16. The number of nitrogens with zero attached hydrogens (tertiary/aromatic N) is 2. The smallest absolute Gasteiger partial charge is 0.121 e. The number of nitrogens with two attached hydrogens (primary N) is 1. The molecule has 2 N–H and O–H groups in total. The molecule has 1 fully saturated rings. The summed E-state index contributed by atoms with van der Waals surface area (Å²) in [6.45, 7) is 1.62. The van der Waals surface area contributed by atoms with E-state index in [9.17, 15) is 0 Å². The summed E-state index contributed by atoms with van der Waals surface area (Å²) < 4.78 is 8.17. The van der Waals surface area contributed by atoms with Gasteiger partial charge in [-0.2, -0.15) is 0 Å². The molecule has 1 heterocycles. The summed E-state index contributed by atoms with van der Waals surface area (Å²) in [5.74, 6) is 2.73. The van der Waals surface area contributed by atoms with Crippen molar-refractivity contribution in [1.82, 2.24) is 9.55 Å². The summed E-state index contributed by atoms with van der Waals surface area (Å²) in [5, 5.41) is 0. The van der Waals surface area contributed by atoms with Gasteiger partial charge in [-0.1, -0.05) is 18.2 Å². The van der Waals surface area contributed by atoms with Gasteiger partial charge in [0.25, 0.3) is 0 Å². The number of fused-ring (bicyclic) bond motifs is 1. The Morgan fingerprint density at radius 1 is 1.13 bits per heavy atom. The number of para-hydroxylation sites is 2. The Hall–Kier alpha value is -2.49. The molecule has 23 heavy (non-hydrogen) atoms. The first-order valence-corrected chi connectivity index (χ1v) is 8.25. The van der Waals surface area contributed by atoms with E-state index in [-0.39, 0.29) is 0 Å². The molecular weight excluding hydrogens is 286 g/mol. The number of anilines is 1. The molecule has 0 unspecified atom stereocenters. The fourth-order valence-electron chi connectivity index (χ4n) is 3.00. The van der Waals surface area contributed by atoms with Gasteiger partial charge in [-0.05, 0) is 43.5 Å². The molecule has 0 atom stereocenters. The summed E-state index contributed by atoms with van der Waals surface area (Å²) in [5.41, 5.74) is 8.84. The minimum Gasteiger partial charge on any atom is -0.493 e. The van der Waals surface area contributed by atoms with Crippen LogP contribution in [0.5, 0.6) is 5.75 Å². The van der Waals surface area contributed by atoms with Crippen LogP contribution in [0.25, 0.3) is 11.0 Å². The van der Waals surface area contributed by atoms with Gasteiger partial charge in [0, 0.05) is 24.2 Å². The van der Waals surface area contributed by atoms with Crippen molar-refractivity contribution in [3.05, 3.63) is 54.4 Å². The molecule has 0 bridgehead atoms. The minimum atomic E-state index is 0.650. The van der Waals surface area contributed by atoms with Gasteiger partial charge in [0.1, 0.15) is 11.6 Å². The summed E-state index contributed by atoms with van der Waals surface area (Å²) in [6, 6.07) is 16.0. The molecule has 4 nitrogen and oxygen atoms in total. The summed E-state index contributed by atoms with van der Waals surface area (Å²) in [4.78, 5) is 4.83. The highest BCUT2D eigenvalue weighted by molar-refractivity contribution is 5.76. The first-order valence-electron chi connectivity index (χ1n) is 8.25. The van der Waals surface area contributed by atoms with Crippen LogP contribution in [0.15, 0.2) is 48.5 Å². The fraction of sp³-hybridized carbons (Fsp3) is 0.316. The average Bonchev–Trinajstić information content (AvgIpc) is 3.34. The van der Waals surface area contributed by atoms with E-state index in [1.165, 1.54) is 24.2 Å². The summed E-state index contributed by atoms with van der Waals surface area (Å²) >= 11 is 0. The molecule has 3 aromatic rings. The van der Waals surface area contributed by atoms with Crippen LogP contribution in [0.4, 0.5) is 5.69 Å². The summed E-state index contributed by atoms with van der Waals surface area (Å²) in [6.07, 6.45) is 3.49. The molecule has 1 aromatic heterocycles. The highest BCUT2D eigenvalue weighted by Gasteiger charge is 2.29. The van der Waals surface area contributed by atoms with Crippen LogP contribution in [0.3, 0.4) is 0 Å². The maximum absolute atomic E-state index is 5.80. The van der Waals surface area contributed by atoms with Crippen LogP contribution >= 0.6 is 0 Å². The van der Waals surface area contributed by atoms with E-state index >= 15 is 0 Å². The maximum Gasteiger partial charge on any atom is 0.121 e. The van der Waals surface area contributed by atoms with Gasteiger partial charge in [0.05, 0.1) is 17.6 Å². The van der Waals surface area contributed by atoms with Crippen molar-refractivity contribution >= 4 is 16.7 Å². The Labute approximate surface area is 135 Å². The Balaban J connectivity index is 1.44. The third-order valence-electron chi connectivity index (χ3n) is 4.28. The second-order valence-corrected chi connectivity index (χ2v) is 6.16. The average molecular weight is 307 g/mol. The van der Waals surface area contributed by atoms with Crippen molar-refractivity contribution in [3.63, 3.8) is 0 Å². The van der Waals surface area contributed by atoms with E-state index in [2.05, 4.69) is 28.8 Å². The van der Waals surface area contributed by atoms with Gasteiger partial charge in [0.2, 0.25) is 0 Å². The van der Waals surface area contributed by atoms with Crippen LogP contribution in [0.1, 0.15) is 31.0 Å². The van der Waals surface area contributed by atoms with Gasteiger partial charge in [-0.25, -0.2) is 4.98 Å². The lowest BCUT2D eigenvalue weighted by atomic mass is 10.3. The monoisotopic (exact) mass is 307 g/mol. The van der Waals surface area contributed by atoms with E-state index in [0.717, 1.165) is 29.9 Å². The van der Waals surface area contributed by atoms with Crippen LogP contribution in [-0.4, -0.2) is 16.2 Å². The first kappa shape index (κ1) is 14.1. The first-order chi connectivity index (χ1) is 11.3. The van der Waals surface area contributed by atoms with Crippen molar-refractivity contribution in [1.29, 1.82) is 0 Å². The highest BCUT2D eigenvalue weighted by Crippen LogP contribution is 2.40. The lowest BCUT2D eigenvalue weighted by Crippen LogP contribution is -2.07. The molecule has 1 aliphatic rings. The van der Waals surface area contributed by atoms with Gasteiger partial charge in [0.15, 0.2) is 0 Å². The lowest BCUT2D eigenvalue weighted by molar-refractivity contribution is 0.302. The van der Waals surface area contributed by atoms with E-state index in [0.29, 0.717) is 12.5 Å². The molecule has 4 rings (SSSR count). The maximum atomic E-state index is 5.80. The zero-order valence-corrected chi connectivity index (χ0v) is 13.1. The molecule has 1 aliphatic carbocycles. The molecule has 118 valence electrons. The molecule has 4 heteroatoms. The molecular formula is C19H21N3O. The predicted octanol–water partition coefficient (Wildman–Crippen LogP) is 3.97. The number of aryl methyl sites for hydroxylation is 1. The van der Waals surface area contributed by atoms with Crippen LogP contribution < -0.4 is 10.5 Å². The number of ether oxygens (including phenoxy) is 1. The van der Waals surface area contributed by atoms with Gasteiger partial charge >= 0.3 is 0 Å². The largest absolute Gasteiger partial charge is 0.493 e. The number of aromatic nitrogens is 2. The zero-order valence-electron chi connectivity index (χ0n) is 13.1. The topological polar surface area (TPSA) is 53.1 Å². The van der Waals surface area contributed by atoms with Crippen LogP contribution in [0.2, 0.25) is 0 Å². The van der Waals surface area contributed by atoms with E-state index in [1.807, 2.05) is 24.3 Å². The van der Waals surface area contributed by atoms with Gasteiger partial charge in [-0.3, -0.25) is 0 Å². The number of rotatable bonds is 6. The van der Waals surface area contributed by atoms with Crippen LogP contribution in [-0.2, 0) is 6.54 Å². The number of hydrogen-bond acceptors (Lipinski definition) is 3. The molecule has 0 spiro atoms. The fourth-order valence-corrected chi connectivity index (χ4v) is 3.00. The number of imidazole rings is 1. The Bertz CT molecular complexity index is 820. The minimum absolute atomic E-state index is 0.650. The Morgan fingerprint density at radius 2 is 2.00 bits per heavy atom. The third kappa shape index (κ3) is 3.02. The van der Waals surface area contributed by atoms with Gasteiger partial charge in [-0.15, -0.1) is 0 Å². The van der Waals surface area contributed by atoms with E-state index in [1.54, 1.807) is 0 Å². The van der Waals surface area contributed by atoms with Crippen molar-refractivity contribution in [2.24, 2.45) is 0 Å². The SMILES string of the molecule is Nc1cccc(OCCCn2c(C3CC3)nc3ccccc32)c1. The third-order valence-corrected chi connectivity index (χ3v) is 4.28. The molecule has 0 saturated heterocycles. The van der Waals surface area contributed by atoms with Crippen LogP contribution in [0, 0.1) is 0 Å². The number of benzene rings is 2. The van der Waals surface area contributed by atoms with Crippen molar-refractivity contribution < 1.29 is 4.74 Å². The zero-order chi connectivity index (χ0) is 15.6. The standard InChI is InChI=1S/C19H21N3O/c20-15-5-3-6-16(13-15)23-12-4-11-22-18-8-2-1-7-17(18)21-19(22)14-9-10-14/h1-3,5-8,13-14H,4,9-12,20H2. The Morgan fingerprint density at radius 3 is 2.83 bits per heavy atom. The van der Waals surface area contributed by atoms with E-state index < -0.39 is 0 Å². The van der Waals surface area contributed by atoms with Crippen molar-refractivity contribution in [3.8, 4) is 5.75 Å². The number of hydrogen-bond donors (Lipinski definition) is 1. The molecule has 2 aromatic carbocycles. The highest BCUT2D eigenvalue weighted by atomic mass is 16.5. The quantitative estimate of drug-likeness (QED) is 0.554. The normalized spacial score (nSPS) is 14.3. The molecule has 1 saturated carbocycles. The predicted molar refractivity (Wildman–Crippen MR) is 92.7 cm³/mol. The lowest BCUT2D eigenvalue weighted by Gasteiger charge is -2.10. The number of nitrogen functional groups attached to an aromatic ring is 1. The molecule has 0 radical (unpaired) electrons. The molecule has 0 aliphatic heterocycles. The van der Waals surface area contributed by atoms with Gasteiger partial charge < -0.3 is 15.0 Å². The second kappa shape index (κ2) is 5.95. The van der Waals surface area contributed by atoms with Crippen molar-refractivity contribution in [2.75, 3.05) is 12.3 Å². The molecule has 0 amide bonds. The van der Waals surface area contributed by atoms with Crippen molar-refractivity contribution in [2.45, 2.75) is 31.7 Å². The summed E-state index contributed by atoms with van der Waals surface area (Å²) in [7, 11) is 0.